The maximum Gasteiger partial charge on any atom is 0.320 e. The van der Waals surface area contributed by atoms with E-state index < -0.39 is 16.9 Å². The van der Waals surface area contributed by atoms with Crippen LogP contribution in [0.1, 0.15) is 19.8 Å². The Morgan fingerprint density at radius 1 is 1.52 bits per heavy atom. The van der Waals surface area contributed by atoms with Crippen LogP contribution in [0.15, 0.2) is 24.3 Å². The van der Waals surface area contributed by atoms with E-state index in [-0.39, 0.29) is 24.7 Å². The normalized spacial score (nSPS) is 11.3. The molecule has 0 radical (unpaired) electrons. The summed E-state index contributed by atoms with van der Waals surface area (Å²) in [5.41, 5.74) is -0.0372. The molecule has 0 spiro atoms. The van der Waals surface area contributed by atoms with Gasteiger partial charge in [-0.1, -0.05) is 19.4 Å². The SMILES string of the molecule is CCCC(NCCOc1cccc([N+](=O)[O-])c1)C(=O)O.Cl. The van der Waals surface area contributed by atoms with E-state index in [0.29, 0.717) is 18.7 Å². The van der Waals surface area contributed by atoms with E-state index in [1.807, 2.05) is 6.92 Å². The number of carboxylic acids is 1. The van der Waals surface area contributed by atoms with Gasteiger partial charge in [0, 0.05) is 12.6 Å². The van der Waals surface area contributed by atoms with E-state index in [4.69, 9.17) is 9.84 Å². The standard InChI is InChI=1S/C13H18N2O5.ClH/c1-2-4-12(13(16)17)14-7-8-20-11-6-3-5-10(9-11)15(18)19;/h3,5-6,9,12,14H,2,4,7-8H2,1H3,(H,16,17);1H. The van der Waals surface area contributed by atoms with Gasteiger partial charge in [0.05, 0.1) is 11.0 Å². The number of rotatable bonds is 9. The average molecular weight is 319 g/mol. The summed E-state index contributed by atoms with van der Waals surface area (Å²) in [5.74, 6) is -0.495. The number of nitro groups is 1. The summed E-state index contributed by atoms with van der Waals surface area (Å²) in [7, 11) is 0. The first kappa shape index (κ1) is 19.1. The van der Waals surface area contributed by atoms with Crippen LogP contribution >= 0.6 is 12.4 Å². The van der Waals surface area contributed by atoms with Crippen molar-refractivity contribution in [1.82, 2.24) is 5.32 Å². The number of nitro benzene ring substituents is 1. The lowest BCUT2D eigenvalue weighted by molar-refractivity contribution is -0.384. The number of nitrogens with zero attached hydrogens (tertiary/aromatic N) is 1. The zero-order valence-electron chi connectivity index (χ0n) is 11.7. The Hall–Kier alpha value is -1.86. The number of non-ortho nitro benzene ring substituents is 1. The first-order valence-corrected chi connectivity index (χ1v) is 6.38. The lowest BCUT2D eigenvalue weighted by atomic mass is 10.2. The van der Waals surface area contributed by atoms with Crippen molar-refractivity contribution in [3.8, 4) is 5.75 Å². The molecule has 0 heterocycles. The fourth-order valence-corrected chi connectivity index (χ4v) is 1.69. The maximum atomic E-state index is 10.9. The number of ether oxygens (including phenoxy) is 1. The highest BCUT2D eigenvalue weighted by Gasteiger charge is 2.14. The number of carbonyl (C=O) groups is 1. The topological polar surface area (TPSA) is 102 Å². The molecule has 1 unspecified atom stereocenters. The van der Waals surface area contributed by atoms with Gasteiger partial charge in [-0.2, -0.15) is 0 Å². The summed E-state index contributed by atoms with van der Waals surface area (Å²) in [5, 5.41) is 22.4. The third-order valence-corrected chi connectivity index (χ3v) is 2.67. The van der Waals surface area contributed by atoms with E-state index in [1.165, 1.54) is 18.2 Å². The van der Waals surface area contributed by atoms with E-state index in [1.54, 1.807) is 6.07 Å². The lowest BCUT2D eigenvalue weighted by Gasteiger charge is -2.13. The van der Waals surface area contributed by atoms with Gasteiger partial charge in [0.15, 0.2) is 0 Å². The molecule has 0 aliphatic carbocycles. The van der Waals surface area contributed by atoms with Gasteiger partial charge in [-0.3, -0.25) is 14.9 Å². The van der Waals surface area contributed by atoms with Gasteiger partial charge in [-0.05, 0) is 12.5 Å². The third kappa shape index (κ3) is 6.92. The van der Waals surface area contributed by atoms with Crippen molar-refractivity contribution in [2.24, 2.45) is 0 Å². The number of benzene rings is 1. The van der Waals surface area contributed by atoms with Crippen molar-refractivity contribution in [3.05, 3.63) is 34.4 Å². The lowest BCUT2D eigenvalue weighted by Crippen LogP contribution is -2.38. The van der Waals surface area contributed by atoms with E-state index in [9.17, 15) is 14.9 Å². The second-order valence-electron chi connectivity index (χ2n) is 4.24. The second kappa shape index (κ2) is 9.95. The monoisotopic (exact) mass is 318 g/mol. The van der Waals surface area contributed by atoms with Crippen molar-refractivity contribution < 1.29 is 19.6 Å². The fourth-order valence-electron chi connectivity index (χ4n) is 1.69. The van der Waals surface area contributed by atoms with Gasteiger partial charge < -0.3 is 15.2 Å². The molecule has 0 saturated heterocycles. The molecule has 118 valence electrons. The molecule has 0 fully saturated rings. The van der Waals surface area contributed by atoms with E-state index in [2.05, 4.69) is 5.32 Å². The largest absolute Gasteiger partial charge is 0.492 e. The van der Waals surface area contributed by atoms with Gasteiger partial charge in [-0.25, -0.2) is 0 Å². The molecule has 0 aliphatic heterocycles. The van der Waals surface area contributed by atoms with Crippen molar-refractivity contribution in [2.45, 2.75) is 25.8 Å². The average Bonchev–Trinajstić information content (AvgIpc) is 2.42. The highest BCUT2D eigenvalue weighted by atomic mass is 35.5. The number of halogens is 1. The predicted molar refractivity (Wildman–Crippen MR) is 80.2 cm³/mol. The summed E-state index contributed by atoms with van der Waals surface area (Å²) in [6.07, 6.45) is 1.32. The number of nitrogens with one attached hydrogen (secondary N) is 1. The molecule has 0 aromatic heterocycles. The minimum atomic E-state index is -0.887. The summed E-state index contributed by atoms with van der Waals surface area (Å²) < 4.78 is 5.35. The highest BCUT2D eigenvalue weighted by Crippen LogP contribution is 2.18. The Kier molecular flexibility index (Phi) is 9.07. The van der Waals surface area contributed by atoms with Crippen LogP contribution in [0.2, 0.25) is 0 Å². The fraction of sp³-hybridized carbons (Fsp3) is 0.462. The molecule has 1 aromatic carbocycles. The van der Waals surface area contributed by atoms with E-state index in [0.717, 1.165) is 6.42 Å². The summed E-state index contributed by atoms with van der Waals surface area (Å²) >= 11 is 0. The molecule has 0 saturated carbocycles. The molecular weight excluding hydrogens is 300 g/mol. The van der Waals surface area contributed by atoms with Crippen LogP contribution in [0.4, 0.5) is 5.69 Å². The Labute approximate surface area is 128 Å². The van der Waals surface area contributed by atoms with Crippen molar-refractivity contribution in [2.75, 3.05) is 13.2 Å². The van der Waals surface area contributed by atoms with Crippen LogP contribution in [0, 0.1) is 10.1 Å². The molecule has 2 N–H and O–H groups in total. The summed E-state index contributed by atoms with van der Waals surface area (Å²) in [6, 6.07) is 5.29. The van der Waals surface area contributed by atoms with Crippen LogP contribution in [0.25, 0.3) is 0 Å². The first-order valence-electron chi connectivity index (χ1n) is 6.38. The Bertz CT molecular complexity index is 470. The van der Waals surface area contributed by atoms with Crippen LogP contribution < -0.4 is 10.1 Å². The van der Waals surface area contributed by atoms with E-state index >= 15 is 0 Å². The Morgan fingerprint density at radius 2 is 2.24 bits per heavy atom. The zero-order valence-corrected chi connectivity index (χ0v) is 12.5. The molecule has 1 atom stereocenters. The second-order valence-corrected chi connectivity index (χ2v) is 4.24. The van der Waals surface area contributed by atoms with Crippen molar-refractivity contribution in [1.29, 1.82) is 0 Å². The maximum absolute atomic E-state index is 10.9. The van der Waals surface area contributed by atoms with Crippen molar-refractivity contribution >= 4 is 24.1 Å². The third-order valence-electron chi connectivity index (χ3n) is 2.67. The molecule has 0 amide bonds. The Morgan fingerprint density at radius 3 is 2.81 bits per heavy atom. The number of hydrogen-bond acceptors (Lipinski definition) is 5. The van der Waals surface area contributed by atoms with Gasteiger partial charge in [0.25, 0.3) is 5.69 Å². The number of hydrogen-bond donors (Lipinski definition) is 2. The van der Waals surface area contributed by atoms with Crippen LogP contribution in [0.5, 0.6) is 5.75 Å². The summed E-state index contributed by atoms with van der Waals surface area (Å²) in [4.78, 5) is 21.0. The van der Waals surface area contributed by atoms with Crippen molar-refractivity contribution in [3.63, 3.8) is 0 Å². The zero-order chi connectivity index (χ0) is 15.0. The molecule has 1 aromatic rings. The van der Waals surface area contributed by atoms with Gasteiger partial charge in [0.2, 0.25) is 0 Å². The number of carboxylic acid groups (broad SMARTS) is 1. The molecular formula is C13H19ClN2O5. The minimum Gasteiger partial charge on any atom is -0.492 e. The predicted octanol–water partition coefficient (Wildman–Crippen LogP) is 2.24. The summed E-state index contributed by atoms with van der Waals surface area (Å²) in [6.45, 7) is 2.52. The molecule has 8 heteroatoms. The van der Waals surface area contributed by atoms with Gasteiger partial charge >= 0.3 is 5.97 Å². The van der Waals surface area contributed by atoms with Crippen LogP contribution in [-0.2, 0) is 4.79 Å². The smallest absolute Gasteiger partial charge is 0.320 e. The molecule has 1 rings (SSSR count). The first-order chi connectivity index (χ1) is 9.54. The molecule has 7 nitrogen and oxygen atoms in total. The Balaban J connectivity index is 0.00000400. The molecule has 0 aliphatic rings. The molecule has 21 heavy (non-hydrogen) atoms. The highest BCUT2D eigenvalue weighted by molar-refractivity contribution is 5.85. The number of aliphatic carboxylic acids is 1. The van der Waals surface area contributed by atoms with Crippen LogP contribution in [-0.4, -0.2) is 35.2 Å². The molecule has 0 bridgehead atoms. The quantitative estimate of drug-likeness (QED) is 0.411. The van der Waals surface area contributed by atoms with Gasteiger partial charge in [-0.15, -0.1) is 12.4 Å². The van der Waals surface area contributed by atoms with Crippen LogP contribution in [0.3, 0.4) is 0 Å². The van der Waals surface area contributed by atoms with Gasteiger partial charge in [0.1, 0.15) is 18.4 Å². The minimum absolute atomic E-state index is 0.